The number of ketones is 2. The van der Waals surface area contributed by atoms with Crippen molar-refractivity contribution in [2.24, 2.45) is 41.4 Å². The van der Waals surface area contributed by atoms with Crippen LogP contribution in [0.5, 0.6) is 0 Å². The lowest BCUT2D eigenvalue weighted by Gasteiger charge is -2.42. The molecule has 2 saturated heterocycles. The number of esters is 1. The van der Waals surface area contributed by atoms with Gasteiger partial charge in [-0.15, -0.1) is 0 Å². The van der Waals surface area contributed by atoms with Crippen molar-refractivity contribution in [1.29, 1.82) is 0 Å². The molecule has 2 bridgehead atoms. The molecule has 0 spiro atoms. The molecule has 0 aromatic rings. The average molecular weight is 914 g/mol. The van der Waals surface area contributed by atoms with E-state index in [0.717, 1.165) is 18.4 Å². The van der Waals surface area contributed by atoms with E-state index in [-0.39, 0.29) is 67.0 Å². The van der Waals surface area contributed by atoms with E-state index >= 15 is 0 Å². The molecule has 0 aromatic carbocycles. The van der Waals surface area contributed by atoms with Crippen molar-refractivity contribution in [3.05, 3.63) is 47.6 Å². The van der Waals surface area contributed by atoms with Gasteiger partial charge in [0.05, 0.1) is 30.5 Å². The number of hydrogen-bond donors (Lipinski definition) is 3. The molecule has 368 valence electrons. The summed E-state index contributed by atoms with van der Waals surface area (Å²) in [6.07, 6.45) is 13.6. The monoisotopic (exact) mass is 914 g/mol. The molecule has 4 aliphatic rings. The van der Waals surface area contributed by atoms with Crippen molar-refractivity contribution in [2.75, 3.05) is 27.9 Å². The third-order valence-electron chi connectivity index (χ3n) is 15.2. The first-order valence-corrected chi connectivity index (χ1v) is 24.4. The zero-order valence-corrected chi connectivity index (χ0v) is 41.3. The molecule has 65 heavy (non-hydrogen) atoms. The van der Waals surface area contributed by atoms with Crippen molar-refractivity contribution < 1.29 is 58.2 Å². The molecular weight excluding hydrogens is 831 g/mol. The van der Waals surface area contributed by atoms with E-state index in [9.17, 15) is 34.5 Å². The van der Waals surface area contributed by atoms with Crippen molar-refractivity contribution in [3.8, 4) is 0 Å². The van der Waals surface area contributed by atoms with Gasteiger partial charge in [-0.2, -0.15) is 0 Å². The van der Waals surface area contributed by atoms with Crippen molar-refractivity contribution in [1.82, 2.24) is 4.90 Å². The number of aliphatic hydroxyl groups is 3. The van der Waals surface area contributed by atoms with E-state index in [1.807, 2.05) is 38.2 Å². The number of rotatable bonds is 6. The SMILES string of the molecule is CO[C@H]1[C@@H](C)[C@H](C)C[C@H](C)/C=C/C=CC=C(C)[C@@H](OC)C[C@@H]2CC[C@@H](C)[C@@](O)(O2)C(=O)C(=O)N2CCCC[C@H]2C(=O)O[C@H]([C@H](C)C[C@@H]2CC[C@@H](O)[C@H](OC)C2)CC(=O)[C@H](C)/C=C(\C)[C@H]1O. The number of amides is 1. The first-order valence-electron chi connectivity index (χ1n) is 24.4. The summed E-state index contributed by atoms with van der Waals surface area (Å²) in [6, 6.07) is -1.11. The number of carbonyl (C=O) groups excluding carboxylic acids is 4. The van der Waals surface area contributed by atoms with Gasteiger partial charge in [-0.25, -0.2) is 4.79 Å². The van der Waals surface area contributed by atoms with E-state index in [0.29, 0.717) is 56.9 Å². The molecule has 0 aromatic heterocycles. The Bertz CT molecular complexity index is 1710. The van der Waals surface area contributed by atoms with Gasteiger partial charge in [0, 0.05) is 52.6 Å². The number of ether oxygens (including phenoxy) is 5. The van der Waals surface area contributed by atoms with Crippen LogP contribution < -0.4 is 0 Å². The minimum atomic E-state index is -2.41. The lowest BCUT2D eigenvalue weighted by atomic mass is 9.78. The largest absolute Gasteiger partial charge is 0.460 e. The normalized spacial score (nSPS) is 40.2. The lowest BCUT2D eigenvalue weighted by Crippen LogP contribution is -2.61. The minimum absolute atomic E-state index is 0.0134. The van der Waals surface area contributed by atoms with Gasteiger partial charge in [0.1, 0.15) is 24.0 Å². The summed E-state index contributed by atoms with van der Waals surface area (Å²) < 4.78 is 29.8. The van der Waals surface area contributed by atoms with E-state index in [2.05, 4.69) is 26.8 Å². The molecule has 16 atom stereocenters. The summed E-state index contributed by atoms with van der Waals surface area (Å²) in [5.74, 6) is -6.46. The molecule has 1 amide bonds. The van der Waals surface area contributed by atoms with Gasteiger partial charge < -0.3 is 43.9 Å². The van der Waals surface area contributed by atoms with Crippen LogP contribution in [-0.4, -0.2) is 126 Å². The molecule has 13 heteroatoms. The quantitative estimate of drug-likeness (QED) is 0.138. The maximum Gasteiger partial charge on any atom is 0.329 e. The summed E-state index contributed by atoms with van der Waals surface area (Å²) in [7, 11) is 4.79. The van der Waals surface area contributed by atoms with Crippen LogP contribution in [0.15, 0.2) is 47.6 Å². The van der Waals surface area contributed by atoms with E-state index in [1.54, 1.807) is 48.2 Å². The maximum atomic E-state index is 14.4. The highest BCUT2D eigenvalue weighted by Gasteiger charge is 2.53. The predicted molar refractivity (Wildman–Crippen MR) is 249 cm³/mol. The standard InChI is InChI=1S/C52H83NO12/c1-31-17-13-12-14-18-32(2)44(61-9)29-40-22-20-37(7)52(60,65-40)49(57)50(58)53-24-16-15-19-41(53)51(59)64-45(35(5)27-39-21-23-42(54)46(28-39)62-10)30-43(55)34(4)26-36(6)47(56)48(63-11)38(8)33(3)25-31/h12-14,17-18,26,31,33-35,37-42,44-48,54,56,60H,15-16,19-25,27-30H2,1-11H3/b14-12?,17-13+,32-18?,36-26+/t31-,33-,34-,35-,37-,38+,39+,40+,41+,42-,44+,45+,46-,47-,48+,52-/m1/s1. The van der Waals surface area contributed by atoms with Crippen LogP contribution in [0.1, 0.15) is 132 Å². The summed E-state index contributed by atoms with van der Waals surface area (Å²) in [5, 5.41) is 34.1. The third-order valence-corrected chi connectivity index (χ3v) is 15.2. The zero-order valence-electron chi connectivity index (χ0n) is 41.3. The summed E-state index contributed by atoms with van der Waals surface area (Å²) in [4.78, 5) is 58.3. The fraction of sp³-hybridized carbons (Fsp3) is 0.769. The number of cyclic esters (lactones) is 1. The zero-order chi connectivity index (χ0) is 48.2. The number of allylic oxidation sites excluding steroid dienone is 6. The van der Waals surface area contributed by atoms with Crippen molar-refractivity contribution >= 4 is 23.4 Å². The number of carbonyl (C=O) groups is 4. The molecule has 3 aliphatic heterocycles. The number of Topliss-reactive ketones (excluding diaryl/α,β-unsaturated/α-hetero) is 2. The van der Waals surface area contributed by atoms with Gasteiger partial charge in [-0.1, -0.05) is 78.0 Å². The van der Waals surface area contributed by atoms with E-state index in [1.165, 1.54) is 4.90 Å². The molecule has 0 radical (unpaired) electrons. The third kappa shape index (κ3) is 14.5. The Hall–Kier alpha value is -3.04. The summed E-state index contributed by atoms with van der Waals surface area (Å²) in [6.45, 7) is 15.7. The number of hydrogen-bond acceptors (Lipinski definition) is 12. The van der Waals surface area contributed by atoms with E-state index < -0.39 is 71.8 Å². The van der Waals surface area contributed by atoms with Crippen LogP contribution in [-0.2, 0) is 42.9 Å². The van der Waals surface area contributed by atoms with Crippen LogP contribution in [0.3, 0.4) is 0 Å². The number of aliphatic hydroxyl groups excluding tert-OH is 2. The van der Waals surface area contributed by atoms with Gasteiger partial charge >= 0.3 is 5.97 Å². The molecule has 1 aliphatic carbocycles. The van der Waals surface area contributed by atoms with Crippen LogP contribution in [0.4, 0.5) is 0 Å². The predicted octanol–water partition coefficient (Wildman–Crippen LogP) is 7.25. The number of piperidine rings is 1. The summed E-state index contributed by atoms with van der Waals surface area (Å²) in [5.41, 5.74) is 1.53. The second-order valence-corrected chi connectivity index (χ2v) is 20.2. The second-order valence-electron chi connectivity index (χ2n) is 20.2. The Balaban J connectivity index is 1.70. The van der Waals surface area contributed by atoms with Gasteiger partial charge in [0.15, 0.2) is 0 Å². The lowest BCUT2D eigenvalue weighted by molar-refractivity contribution is -0.265. The smallest absolute Gasteiger partial charge is 0.329 e. The highest BCUT2D eigenvalue weighted by molar-refractivity contribution is 6.39. The van der Waals surface area contributed by atoms with E-state index in [4.69, 9.17) is 23.7 Å². The average Bonchev–Trinajstić information content (AvgIpc) is 3.28. The number of fused-ring (bicyclic) bond motifs is 3. The Morgan fingerprint density at radius 3 is 2.25 bits per heavy atom. The highest BCUT2D eigenvalue weighted by atomic mass is 16.6. The molecule has 13 nitrogen and oxygen atoms in total. The van der Waals surface area contributed by atoms with Gasteiger partial charge in [0.2, 0.25) is 5.79 Å². The topological polar surface area (TPSA) is 178 Å². The Morgan fingerprint density at radius 2 is 1.57 bits per heavy atom. The molecule has 0 unspecified atom stereocenters. The van der Waals surface area contributed by atoms with Crippen LogP contribution in [0.2, 0.25) is 0 Å². The fourth-order valence-electron chi connectivity index (χ4n) is 10.5. The van der Waals surface area contributed by atoms with Crippen LogP contribution in [0, 0.1) is 41.4 Å². The minimum Gasteiger partial charge on any atom is -0.460 e. The fourth-order valence-corrected chi connectivity index (χ4v) is 10.5. The van der Waals surface area contributed by atoms with Crippen molar-refractivity contribution in [2.45, 2.75) is 187 Å². The molecule has 4 rings (SSSR count). The second kappa shape index (κ2) is 25.4. The molecule has 3 fully saturated rings. The summed E-state index contributed by atoms with van der Waals surface area (Å²) >= 11 is 0. The van der Waals surface area contributed by atoms with Gasteiger partial charge in [-0.3, -0.25) is 14.4 Å². The first kappa shape index (κ1) is 54.6. The molecule has 3 N–H and O–H groups in total. The molecule has 1 saturated carbocycles. The Morgan fingerprint density at radius 1 is 0.846 bits per heavy atom. The van der Waals surface area contributed by atoms with Gasteiger partial charge in [0.25, 0.3) is 11.7 Å². The Labute approximate surface area is 389 Å². The number of nitrogens with zero attached hydrogens (tertiary/aromatic N) is 1. The highest BCUT2D eigenvalue weighted by Crippen LogP contribution is 2.38. The van der Waals surface area contributed by atoms with Crippen molar-refractivity contribution in [3.63, 3.8) is 0 Å². The molecular formula is C52H83NO12. The van der Waals surface area contributed by atoms with Crippen LogP contribution in [0.25, 0.3) is 0 Å². The van der Waals surface area contributed by atoms with Gasteiger partial charge in [-0.05, 0) is 119 Å². The Kier molecular flexibility index (Phi) is 21.3. The first-order chi connectivity index (χ1) is 30.7. The van der Waals surface area contributed by atoms with Crippen LogP contribution >= 0.6 is 0 Å². The molecule has 3 heterocycles. The maximum absolute atomic E-state index is 14.4. The number of methoxy groups -OCH3 is 3.